The number of aryl methyl sites for hydroxylation is 1. The number of nitriles is 1. The van der Waals surface area contributed by atoms with Crippen LogP contribution in [-0.2, 0) is 22.9 Å². The van der Waals surface area contributed by atoms with Gasteiger partial charge in [-0.25, -0.2) is 9.97 Å². The summed E-state index contributed by atoms with van der Waals surface area (Å²) < 4.78 is 18.4. The second-order valence-corrected chi connectivity index (χ2v) is 9.00. The van der Waals surface area contributed by atoms with Crippen LogP contribution in [0.25, 0.3) is 11.3 Å². The van der Waals surface area contributed by atoms with Gasteiger partial charge < -0.3 is 19.1 Å². The summed E-state index contributed by atoms with van der Waals surface area (Å²) in [5.41, 5.74) is 3.21. The molecule has 0 spiro atoms. The molecule has 0 radical (unpaired) electrons. The van der Waals surface area contributed by atoms with E-state index in [0.717, 1.165) is 24.1 Å². The Morgan fingerprint density at radius 1 is 1.19 bits per heavy atom. The van der Waals surface area contributed by atoms with Crippen LogP contribution in [0.1, 0.15) is 40.4 Å². The number of ether oxygens (including phenoxy) is 3. The second kappa shape index (κ2) is 10.4. The Labute approximate surface area is 209 Å². The van der Waals surface area contributed by atoms with Gasteiger partial charge in [0.25, 0.3) is 5.91 Å². The maximum absolute atomic E-state index is 12.7. The third-order valence-corrected chi connectivity index (χ3v) is 6.57. The van der Waals surface area contributed by atoms with Crippen LogP contribution in [0.3, 0.4) is 0 Å². The fourth-order valence-corrected chi connectivity index (χ4v) is 4.35. The third-order valence-electron chi connectivity index (χ3n) is 6.57. The highest BCUT2D eigenvalue weighted by Crippen LogP contribution is 2.28. The quantitative estimate of drug-likeness (QED) is 0.498. The molecule has 3 aromatic rings. The van der Waals surface area contributed by atoms with Gasteiger partial charge in [-0.05, 0) is 30.3 Å². The third kappa shape index (κ3) is 5.08. The van der Waals surface area contributed by atoms with Gasteiger partial charge in [0.2, 0.25) is 0 Å². The Balaban J connectivity index is 1.30. The van der Waals surface area contributed by atoms with Crippen molar-refractivity contribution in [3.8, 4) is 23.1 Å². The number of nitrogens with zero attached hydrogens (tertiary/aromatic N) is 6. The first-order valence-corrected chi connectivity index (χ1v) is 12.0. The van der Waals surface area contributed by atoms with Crippen LogP contribution in [-0.4, -0.2) is 76.2 Å². The number of benzene rings is 1. The molecule has 5 rings (SSSR count). The SMILES string of the molecule is COC1CN(C(=O)c2cc(Cc3nccc(-c4ccc(OC5CCOCC5)c(C#N)c4)n3)n(C)n2)C1. The van der Waals surface area contributed by atoms with Crippen molar-refractivity contribution in [2.24, 2.45) is 7.05 Å². The largest absolute Gasteiger partial charge is 0.489 e. The van der Waals surface area contributed by atoms with E-state index >= 15 is 0 Å². The van der Waals surface area contributed by atoms with E-state index in [1.165, 1.54) is 0 Å². The van der Waals surface area contributed by atoms with Gasteiger partial charge in [0.15, 0.2) is 5.69 Å². The number of aromatic nitrogens is 4. The molecule has 1 amide bonds. The summed E-state index contributed by atoms with van der Waals surface area (Å²) in [5.74, 6) is 1.07. The van der Waals surface area contributed by atoms with Crippen LogP contribution >= 0.6 is 0 Å². The van der Waals surface area contributed by atoms with E-state index < -0.39 is 0 Å². The minimum atomic E-state index is -0.105. The molecule has 2 aliphatic rings. The summed E-state index contributed by atoms with van der Waals surface area (Å²) in [4.78, 5) is 23.5. The van der Waals surface area contributed by atoms with Crippen LogP contribution in [0, 0.1) is 11.3 Å². The summed E-state index contributed by atoms with van der Waals surface area (Å²) >= 11 is 0. The van der Waals surface area contributed by atoms with E-state index in [4.69, 9.17) is 19.2 Å². The first-order chi connectivity index (χ1) is 17.5. The Bertz CT molecular complexity index is 1290. The average molecular weight is 489 g/mol. The summed E-state index contributed by atoms with van der Waals surface area (Å²) in [6.07, 6.45) is 3.90. The first kappa shape index (κ1) is 23.9. The highest BCUT2D eigenvalue weighted by atomic mass is 16.5. The summed E-state index contributed by atoms with van der Waals surface area (Å²) in [6, 6.07) is 11.4. The number of rotatable bonds is 7. The Morgan fingerprint density at radius 3 is 2.75 bits per heavy atom. The maximum Gasteiger partial charge on any atom is 0.274 e. The van der Waals surface area contributed by atoms with Crippen molar-refractivity contribution in [3.05, 3.63) is 59.3 Å². The average Bonchev–Trinajstić information content (AvgIpc) is 3.24. The highest BCUT2D eigenvalue weighted by molar-refractivity contribution is 5.93. The molecular formula is C26H28N6O4. The molecule has 10 heteroatoms. The lowest BCUT2D eigenvalue weighted by molar-refractivity contribution is -0.0195. The van der Waals surface area contributed by atoms with Gasteiger partial charge in [0.1, 0.15) is 23.7 Å². The number of hydrogen-bond acceptors (Lipinski definition) is 8. The molecule has 0 N–H and O–H groups in total. The van der Waals surface area contributed by atoms with Gasteiger partial charge in [0, 0.05) is 64.0 Å². The monoisotopic (exact) mass is 488 g/mol. The van der Waals surface area contributed by atoms with Gasteiger partial charge in [0.05, 0.1) is 30.6 Å². The van der Waals surface area contributed by atoms with Gasteiger partial charge >= 0.3 is 0 Å². The predicted molar refractivity (Wildman–Crippen MR) is 129 cm³/mol. The van der Waals surface area contributed by atoms with Gasteiger partial charge in [-0.2, -0.15) is 10.4 Å². The fourth-order valence-electron chi connectivity index (χ4n) is 4.35. The molecule has 2 aromatic heterocycles. The molecule has 2 fully saturated rings. The Hall–Kier alpha value is -3.81. The second-order valence-electron chi connectivity index (χ2n) is 9.00. The lowest BCUT2D eigenvalue weighted by atomic mass is 10.1. The first-order valence-electron chi connectivity index (χ1n) is 12.0. The molecule has 4 heterocycles. The van der Waals surface area contributed by atoms with Crippen molar-refractivity contribution in [2.45, 2.75) is 31.5 Å². The van der Waals surface area contributed by atoms with E-state index in [1.807, 2.05) is 18.2 Å². The Morgan fingerprint density at radius 2 is 2.00 bits per heavy atom. The maximum atomic E-state index is 12.7. The van der Waals surface area contributed by atoms with E-state index in [0.29, 0.717) is 61.2 Å². The lowest BCUT2D eigenvalue weighted by Gasteiger charge is -2.37. The number of likely N-dealkylation sites (tertiary alicyclic amines) is 1. The molecule has 0 aliphatic carbocycles. The molecule has 2 saturated heterocycles. The van der Waals surface area contributed by atoms with Crippen molar-refractivity contribution in [3.63, 3.8) is 0 Å². The molecule has 36 heavy (non-hydrogen) atoms. The van der Waals surface area contributed by atoms with Gasteiger partial charge in [-0.1, -0.05) is 0 Å². The Kier molecular flexibility index (Phi) is 6.93. The van der Waals surface area contributed by atoms with Crippen molar-refractivity contribution in [1.82, 2.24) is 24.6 Å². The lowest BCUT2D eigenvalue weighted by Crippen LogP contribution is -2.54. The summed E-state index contributed by atoms with van der Waals surface area (Å²) in [7, 11) is 3.45. The van der Waals surface area contributed by atoms with Crippen molar-refractivity contribution in [1.29, 1.82) is 5.26 Å². The molecule has 0 saturated carbocycles. The fraction of sp³-hybridized carbons (Fsp3) is 0.423. The smallest absolute Gasteiger partial charge is 0.274 e. The molecule has 0 unspecified atom stereocenters. The van der Waals surface area contributed by atoms with Crippen molar-refractivity contribution < 1.29 is 19.0 Å². The topological polar surface area (TPSA) is 115 Å². The van der Waals surface area contributed by atoms with E-state index in [2.05, 4.69) is 16.2 Å². The van der Waals surface area contributed by atoms with Crippen LogP contribution in [0.15, 0.2) is 36.5 Å². The molecule has 2 aliphatic heterocycles. The molecule has 186 valence electrons. The van der Waals surface area contributed by atoms with Gasteiger partial charge in [-0.3, -0.25) is 9.48 Å². The molecule has 0 atom stereocenters. The molecular weight excluding hydrogens is 460 g/mol. The van der Waals surface area contributed by atoms with Crippen LogP contribution in [0.5, 0.6) is 5.75 Å². The van der Waals surface area contributed by atoms with E-state index in [-0.39, 0.29) is 18.1 Å². The zero-order chi connectivity index (χ0) is 25.1. The number of hydrogen-bond donors (Lipinski definition) is 0. The number of amides is 1. The van der Waals surface area contributed by atoms with Crippen LogP contribution in [0.4, 0.5) is 0 Å². The van der Waals surface area contributed by atoms with Gasteiger partial charge in [-0.15, -0.1) is 0 Å². The highest BCUT2D eigenvalue weighted by Gasteiger charge is 2.32. The van der Waals surface area contributed by atoms with E-state index in [1.54, 1.807) is 42.1 Å². The number of carbonyl (C=O) groups excluding carboxylic acids is 1. The van der Waals surface area contributed by atoms with Crippen molar-refractivity contribution in [2.75, 3.05) is 33.4 Å². The minimum Gasteiger partial charge on any atom is -0.489 e. The molecule has 1 aromatic carbocycles. The van der Waals surface area contributed by atoms with Crippen LogP contribution < -0.4 is 4.74 Å². The standard InChI is InChI=1S/C26H28N6O4/c1-31-19(12-23(30-31)26(33)32-15-21(16-32)34-2)13-25-28-8-5-22(29-25)17-3-4-24(18(11-17)14-27)36-20-6-9-35-10-7-20/h3-5,8,11-12,20-21H,6-7,9-10,13,15-16H2,1-2H3. The summed E-state index contributed by atoms with van der Waals surface area (Å²) in [6.45, 7) is 2.51. The normalized spacial score (nSPS) is 16.4. The minimum absolute atomic E-state index is 0.0560. The predicted octanol–water partition coefficient (Wildman–Crippen LogP) is 2.37. The van der Waals surface area contributed by atoms with Crippen molar-refractivity contribution >= 4 is 5.91 Å². The van der Waals surface area contributed by atoms with Crippen LogP contribution in [0.2, 0.25) is 0 Å². The zero-order valence-electron chi connectivity index (χ0n) is 20.4. The molecule has 10 nitrogen and oxygen atoms in total. The summed E-state index contributed by atoms with van der Waals surface area (Å²) in [5, 5.41) is 14.1. The number of methoxy groups -OCH3 is 1. The number of carbonyl (C=O) groups is 1. The molecule has 0 bridgehead atoms. The zero-order valence-corrected chi connectivity index (χ0v) is 20.4. The van der Waals surface area contributed by atoms with E-state index in [9.17, 15) is 10.1 Å².